The van der Waals surface area contributed by atoms with Crippen LogP contribution in [0.25, 0.3) is 11.4 Å². The number of rotatable bonds is 10. The summed E-state index contributed by atoms with van der Waals surface area (Å²) in [7, 11) is 0. The fraction of sp³-hybridized carbons (Fsp3) is 0.324. The summed E-state index contributed by atoms with van der Waals surface area (Å²) in [5.74, 6) is -0.220. The molecule has 2 N–H and O–H groups in total. The molecule has 2 aromatic carbocycles. The van der Waals surface area contributed by atoms with Crippen LogP contribution < -0.4 is 10.6 Å². The molecule has 2 heterocycles. The number of nitrogens with one attached hydrogen (secondary N) is 2. The molecule has 4 rings (SSSR count). The van der Waals surface area contributed by atoms with Gasteiger partial charge in [-0.05, 0) is 55.4 Å². The molecule has 0 bridgehead atoms. The maximum Gasteiger partial charge on any atom is 0.471 e. The Morgan fingerprint density at radius 2 is 1.89 bits per heavy atom. The van der Waals surface area contributed by atoms with E-state index in [9.17, 15) is 27.6 Å². The molecule has 0 saturated carbocycles. The van der Waals surface area contributed by atoms with E-state index in [1.165, 1.54) is 30.0 Å². The number of halogens is 3. The molecule has 1 aliphatic rings. The molecule has 0 radical (unpaired) electrons. The van der Waals surface area contributed by atoms with Gasteiger partial charge in [0.2, 0.25) is 17.6 Å². The van der Waals surface area contributed by atoms with Crippen LogP contribution in [0.5, 0.6) is 0 Å². The normalized spacial score (nSPS) is 17.5. The first-order valence-electron chi connectivity index (χ1n) is 14.8. The van der Waals surface area contributed by atoms with E-state index in [-0.39, 0.29) is 31.4 Å². The Morgan fingerprint density at radius 1 is 1.17 bits per heavy atom. The average molecular weight is 650 g/mol. The van der Waals surface area contributed by atoms with E-state index in [4.69, 9.17) is 11.2 Å². The van der Waals surface area contributed by atoms with Crippen LogP contribution in [-0.2, 0) is 27.0 Å². The van der Waals surface area contributed by atoms with Crippen molar-refractivity contribution in [2.24, 2.45) is 0 Å². The number of aromatic nitrogens is 2. The van der Waals surface area contributed by atoms with E-state index in [2.05, 4.69) is 31.2 Å². The minimum Gasteiger partial charge on any atom is -0.445 e. The predicted octanol–water partition coefficient (Wildman–Crippen LogP) is 5.40. The first-order valence-corrected chi connectivity index (χ1v) is 14.8. The van der Waals surface area contributed by atoms with Gasteiger partial charge in [-0.2, -0.15) is 18.2 Å². The predicted molar refractivity (Wildman–Crippen MR) is 166 cm³/mol. The number of carbonyl (C=O) groups excluding carboxylic acids is 3. The summed E-state index contributed by atoms with van der Waals surface area (Å²) in [6.45, 7) is 3.62. The molecule has 10 nitrogen and oxygen atoms in total. The van der Waals surface area contributed by atoms with Crippen LogP contribution in [0.1, 0.15) is 49.6 Å². The van der Waals surface area contributed by atoms with Crippen molar-refractivity contribution in [3.05, 3.63) is 95.4 Å². The van der Waals surface area contributed by atoms with Gasteiger partial charge in [-0.1, -0.05) is 77.8 Å². The lowest BCUT2D eigenvalue weighted by atomic mass is 9.85. The van der Waals surface area contributed by atoms with Gasteiger partial charge >= 0.3 is 18.2 Å². The van der Waals surface area contributed by atoms with Gasteiger partial charge in [0.15, 0.2) is 0 Å². The number of ether oxygens (including phenoxy) is 1. The largest absolute Gasteiger partial charge is 0.471 e. The van der Waals surface area contributed by atoms with Crippen molar-refractivity contribution in [2.75, 3.05) is 13.2 Å². The summed E-state index contributed by atoms with van der Waals surface area (Å²) in [5, 5.41) is 8.81. The van der Waals surface area contributed by atoms with E-state index in [1.54, 1.807) is 24.3 Å². The lowest BCUT2D eigenvalue weighted by molar-refractivity contribution is -0.159. The van der Waals surface area contributed by atoms with Crippen LogP contribution >= 0.6 is 0 Å². The summed E-state index contributed by atoms with van der Waals surface area (Å²) in [6.07, 6.45) is 5.90. The van der Waals surface area contributed by atoms with Crippen LogP contribution in [-0.4, -0.2) is 58.2 Å². The molecule has 3 amide bonds. The number of hydrogen-bond acceptors (Lipinski definition) is 7. The fourth-order valence-electron chi connectivity index (χ4n) is 5.09. The van der Waals surface area contributed by atoms with Crippen LogP contribution in [0.3, 0.4) is 0 Å². The summed E-state index contributed by atoms with van der Waals surface area (Å²) in [4.78, 5) is 44.4. The molecule has 1 aromatic heterocycles. The number of piperidine rings is 1. The van der Waals surface area contributed by atoms with E-state index >= 15 is 0 Å². The number of carbonyl (C=O) groups is 3. The lowest BCUT2D eigenvalue weighted by Gasteiger charge is -2.38. The fourth-order valence-corrected chi connectivity index (χ4v) is 5.09. The Kier molecular flexibility index (Phi) is 11.6. The van der Waals surface area contributed by atoms with Crippen molar-refractivity contribution in [2.45, 2.75) is 57.4 Å². The maximum absolute atomic E-state index is 13.6. The molecule has 246 valence electrons. The lowest BCUT2D eigenvalue weighted by Crippen LogP contribution is -2.56. The van der Waals surface area contributed by atoms with E-state index in [0.717, 1.165) is 5.56 Å². The van der Waals surface area contributed by atoms with Crippen molar-refractivity contribution in [3.63, 3.8) is 0 Å². The zero-order valence-electron chi connectivity index (χ0n) is 25.8. The molecule has 1 fully saturated rings. The molecule has 3 aromatic rings. The summed E-state index contributed by atoms with van der Waals surface area (Å²) < 4.78 is 48.1. The van der Waals surface area contributed by atoms with Gasteiger partial charge in [-0.25, -0.2) is 4.79 Å². The van der Waals surface area contributed by atoms with Crippen LogP contribution in [0.4, 0.5) is 18.0 Å². The van der Waals surface area contributed by atoms with Gasteiger partial charge in [-0.3, -0.25) is 14.5 Å². The highest BCUT2D eigenvalue weighted by atomic mass is 19.4. The van der Waals surface area contributed by atoms with Crippen LogP contribution in [0.2, 0.25) is 0 Å². The third kappa shape index (κ3) is 9.32. The molecule has 47 heavy (non-hydrogen) atoms. The van der Waals surface area contributed by atoms with Crippen LogP contribution in [0.15, 0.2) is 82.9 Å². The summed E-state index contributed by atoms with van der Waals surface area (Å²) in [5.41, 5.74) is 2.61. The molecule has 1 aliphatic heterocycles. The molecular weight excluding hydrogens is 615 g/mol. The van der Waals surface area contributed by atoms with Gasteiger partial charge in [0, 0.05) is 18.7 Å². The Hall–Kier alpha value is -5.38. The van der Waals surface area contributed by atoms with Crippen molar-refractivity contribution in [3.8, 4) is 23.7 Å². The van der Waals surface area contributed by atoms with Gasteiger partial charge in [-0.15, -0.1) is 6.42 Å². The zero-order valence-corrected chi connectivity index (χ0v) is 25.8. The Balaban J connectivity index is 1.38. The first kappa shape index (κ1) is 34.5. The third-order valence-corrected chi connectivity index (χ3v) is 7.52. The maximum atomic E-state index is 13.6. The zero-order chi connectivity index (χ0) is 34.0. The number of likely N-dealkylation sites (tertiary alicyclic amines) is 1. The van der Waals surface area contributed by atoms with Crippen molar-refractivity contribution in [1.29, 1.82) is 0 Å². The monoisotopic (exact) mass is 649 g/mol. The number of alkyl halides is 3. The highest BCUT2D eigenvalue weighted by Gasteiger charge is 2.39. The SMILES string of the molecule is C#C/C=C(\C=C/C)COC(=O)N1CC[C@H](c2ccccc2)C[C@@H]1C(=O)N[C@@H](C)C(=O)NCc1ccc(-c2noc(C(F)(F)F)n2)cc1. The number of hydrogen-bond donors (Lipinski definition) is 2. The Labute approximate surface area is 270 Å². The smallest absolute Gasteiger partial charge is 0.445 e. The second-order valence-corrected chi connectivity index (χ2v) is 10.8. The molecule has 1 saturated heterocycles. The van der Waals surface area contributed by atoms with Crippen molar-refractivity contribution < 1.29 is 36.8 Å². The van der Waals surface area contributed by atoms with E-state index in [0.29, 0.717) is 29.5 Å². The van der Waals surface area contributed by atoms with E-state index in [1.807, 2.05) is 37.3 Å². The molecule has 0 spiro atoms. The van der Waals surface area contributed by atoms with Gasteiger partial charge in [0.25, 0.3) is 0 Å². The highest BCUT2D eigenvalue weighted by molar-refractivity contribution is 5.91. The Bertz CT molecular complexity index is 1640. The molecule has 3 atom stereocenters. The molecular formula is C34H34F3N5O5. The molecule has 13 heteroatoms. The quantitative estimate of drug-likeness (QED) is 0.223. The van der Waals surface area contributed by atoms with Crippen molar-refractivity contribution >= 4 is 17.9 Å². The first-order chi connectivity index (χ1) is 22.5. The second kappa shape index (κ2) is 15.8. The summed E-state index contributed by atoms with van der Waals surface area (Å²) in [6, 6.07) is 14.0. The number of benzene rings is 2. The van der Waals surface area contributed by atoms with Crippen molar-refractivity contribution in [1.82, 2.24) is 25.7 Å². The van der Waals surface area contributed by atoms with Crippen LogP contribution in [0, 0.1) is 12.3 Å². The minimum atomic E-state index is -4.75. The summed E-state index contributed by atoms with van der Waals surface area (Å²) >= 11 is 0. The third-order valence-electron chi connectivity index (χ3n) is 7.52. The number of nitrogens with zero attached hydrogens (tertiary/aromatic N) is 3. The number of terminal acetylenes is 1. The van der Waals surface area contributed by atoms with Gasteiger partial charge < -0.3 is 19.9 Å². The minimum absolute atomic E-state index is 0.00975. The van der Waals surface area contributed by atoms with Gasteiger partial charge in [0.05, 0.1) is 0 Å². The standard InChI is InChI=1S/C34H34F3N5O5/c1-4-9-24(10-5-2)21-46-33(45)42-18-17-27(25-11-7-6-8-12-25)19-28(42)31(44)39-22(3)30(43)38-20-23-13-15-26(16-14-23)29-40-32(47-41-29)34(35,36)37/h1,5-16,22,27-28H,17-21H2,2-3H3,(H,38,43)(H,39,44)/b10-5-,24-9+/t22-,27-,28+/m0/s1. The Morgan fingerprint density at radius 3 is 2.53 bits per heavy atom. The topological polar surface area (TPSA) is 127 Å². The highest BCUT2D eigenvalue weighted by Crippen LogP contribution is 2.32. The number of allylic oxidation sites excluding steroid dienone is 2. The molecule has 0 unspecified atom stereocenters. The van der Waals surface area contributed by atoms with Gasteiger partial charge in [0.1, 0.15) is 18.7 Å². The molecule has 0 aliphatic carbocycles. The second-order valence-electron chi connectivity index (χ2n) is 10.8. The average Bonchev–Trinajstić information content (AvgIpc) is 3.58. The number of amides is 3. The van der Waals surface area contributed by atoms with E-state index < -0.39 is 42.1 Å².